The summed E-state index contributed by atoms with van der Waals surface area (Å²) in [7, 11) is 1.65. The lowest BCUT2D eigenvalue weighted by Gasteiger charge is -2.26. The molecular weight excluding hydrogens is 332 g/mol. The first kappa shape index (κ1) is 16.9. The number of nitrogens with one attached hydrogen (secondary N) is 1. The number of hydrogen-bond acceptors (Lipinski definition) is 5. The Hall–Kier alpha value is -2.57. The van der Waals surface area contributed by atoms with Crippen molar-refractivity contribution in [3.05, 3.63) is 35.4 Å². The molecule has 1 aromatic carbocycles. The van der Waals surface area contributed by atoms with Crippen LogP contribution in [0.25, 0.3) is 0 Å². The van der Waals surface area contributed by atoms with Crippen LogP contribution in [-0.4, -0.2) is 40.9 Å². The van der Waals surface area contributed by atoms with Gasteiger partial charge in [0.2, 0.25) is 5.82 Å². The summed E-state index contributed by atoms with van der Waals surface area (Å²) in [5.74, 6) is 3.01. The van der Waals surface area contributed by atoms with Crippen LogP contribution >= 0.6 is 0 Å². The fourth-order valence-electron chi connectivity index (χ4n) is 3.72. The van der Waals surface area contributed by atoms with Crippen LogP contribution in [0.5, 0.6) is 11.5 Å². The largest absolute Gasteiger partial charge is 0.493 e. The number of methoxy groups -OCH3 is 1. The van der Waals surface area contributed by atoms with E-state index in [0.29, 0.717) is 19.0 Å². The summed E-state index contributed by atoms with van der Waals surface area (Å²) < 4.78 is 13.2. The van der Waals surface area contributed by atoms with E-state index in [2.05, 4.69) is 15.5 Å². The highest BCUT2D eigenvalue weighted by Gasteiger charge is 2.25. The van der Waals surface area contributed by atoms with Crippen LogP contribution in [0.1, 0.15) is 41.3 Å². The quantitative estimate of drug-likeness (QED) is 0.906. The maximum absolute atomic E-state index is 12.6. The summed E-state index contributed by atoms with van der Waals surface area (Å²) in [5.41, 5.74) is 1.12. The van der Waals surface area contributed by atoms with Crippen molar-refractivity contribution in [1.82, 2.24) is 20.1 Å². The molecule has 0 saturated heterocycles. The Kier molecular flexibility index (Phi) is 4.77. The number of amides is 1. The van der Waals surface area contributed by atoms with Crippen LogP contribution in [0.2, 0.25) is 0 Å². The number of carbonyl (C=O) groups excluding carboxylic acids is 1. The Morgan fingerprint density at radius 2 is 2.27 bits per heavy atom. The second-order valence-corrected chi connectivity index (χ2v) is 6.94. The van der Waals surface area contributed by atoms with Crippen molar-refractivity contribution >= 4 is 5.91 Å². The van der Waals surface area contributed by atoms with Crippen molar-refractivity contribution in [2.24, 2.45) is 5.92 Å². The molecule has 26 heavy (non-hydrogen) atoms. The molecule has 0 unspecified atom stereocenters. The van der Waals surface area contributed by atoms with Gasteiger partial charge in [0, 0.05) is 25.4 Å². The number of para-hydroxylation sites is 1. The minimum Gasteiger partial charge on any atom is -0.493 e. The maximum atomic E-state index is 12.6. The second-order valence-electron chi connectivity index (χ2n) is 6.94. The molecule has 0 bridgehead atoms. The lowest BCUT2D eigenvalue weighted by Crippen LogP contribution is -2.36. The standard InChI is InChI=1S/C19H24N4O3/c1-25-15-7-5-6-14-10-13(12-26-17(14)15)11-20-19(24)18-22-21-16-8-3-2-4-9-23(16)18/h5-7,13H,2-4,8-12H2,1H3,(H,20,24)/t13-/m0/s1. The first-order valence-corrected chi connectivity index (χ1v) is 9.25. The fourth-order valence-corrected chi connectivity index (χ4v) is 3.72. The van der Waals surface area contributed by atoms with Crippen molar-refractivity contribution in [3.8, 4) is 11.5 Å². The minimum absolute atomic E-state index is 0.151. The van der Waals surface area contributed by atoms with Gasteiger partial charge < -0.3 is 19.4 Å². The molecule has 4 rings (SSSR count). The smallest absolute Gasteiger partial charge is 0.289 e. The number of hydrogen-bond donors (Lipinski definition) is 1. The van der Waals surface area contributed by atoms with Gasteiger partial charge in [-0.2, -0.15) is 0 Å². The average Bonchev–Trinajstić information content (AvgIpc) is 2.93. The minimum atomic E-state index is -0.151. The molecule has 1 amide bonds. The molecule has 0 aliphatic carbocycles. The van der Waals surface area contributed by atoms with E-state index < -0.39 is 0 Å². The molecule has 138 valence electrons. The Morgan fingerprint density at radius 3 is 3.15 bits per heavy atom. The van der Waals surface area contributed by atoms with Crippen LogP contribution < -0.4 is 14.8 Å². The zero-order chi connectivity index (χ0) is 17.9. The third-order valence-electron chi connectivity index (χ3n) is 5.12. The van der Waals surface area contributed by atoms with Crippen molar-refractivity contribution < 1.29 is 14.3 Å². The molecule has 7 nitrogen and oxygen atoms in total. The molecule has 0 saturated carbocycles. The molecule has 1 atom stereocenters. The summed E-state index contributed by atoms with van der Waals surface area (Å²) >= 11 is 0. The van der Waals surface area contributed by atoms with E-state index in [1.165, 1.54) is 6.42 Å². The topological polar surface area (TPSA) is 78.3 Å². The first-order valence-electron chi connectivity index (χ1n) is 9.25. The fraction of sp³-hybridized carbons (Fsp3) is 0.526. The van der Waals surface area contributed by atoms with E-state index in [0.717, 1.165) is 55.1 Å². The monoisotopic (exact) mass is 356 g/mol. The van der Waals surface area contributed by atoms with Crippen molar-refractivity contribution in [2.75, 3.05) is 20.3 Å². The van der Waals surface area contributed by atoms with Gasteiger partial charge in [-0.3, -0.25) is 4.79 Å². The molecule has 2 aliphatic rings. The Balaban J connectivity index is 1.39. The maximum Gasteiger partial charge on any atom is 0.289 e. The van der Waals surface area contributed by atoms with Gasteiger partial charge >= 0.3 is 0 Å². The predicted molar refractivity (Wildman–Crippen MR) is 95.6 cm³/mol. The highest BCUT2D eigenvalue weighted by Crippen LogP contribution is 2.35. The molecular formula is C19H24N4O3. The van der Waals surface area contributed by atoms with E-state index in [9.17, 15) is 4.79 Å². The SMILES string of the molecule is COc1cccc2c1OC[C@H](CNC(=O)c1nnc3n1CCCCC3)C2. The average molecular weight is 356 g/mol. The molecule has 2 aliphatic heterocycles. The van der Waals surface area contributed by atoms with Gasteiger partial charge in [-0.25, -0.2) is 0 Å². The number of aromatic nitrogens is 3. The Bertz CT molecular complexity index is 802. The van der Waals surface area contributed by atoms with Gasteiger partial charge in [0.1, 0.15) is 5.82 Å². The lowest BCUT2D eigenvalue weighted by atomic mass is 9.96. The summed E-state index contributed by atoms with van der Waals surface area (Å²) in [6, 6.07) is 5.91. The highest BCUT2D eigenvalue weighted by atomic mass is 16.5. The van der Waals surface area contributed by atoms with Gasteiger partial charge in [0.05, 0.1) is 13.7 Å². The number of ether oxygens (including phenoxy) is 2. The molecule has 0 spiro atoms. The van der Waals surface area contributed by atoms with E-state index in [-0.39, 0.29) is 11.8 Å². The molecule has 0 fully saturated rings. The molecule has 0 radical (unpaired) electrons. The van der Waals surface area contributed by atoms with Gasteiger partial charge in [0.15, 0.2) is 11.5 Å². The van der Waals surface area contributed by atoms with Crippen LogP contribution in [-0.2, 0) is 19.4 Å². The number of carbonyl (C=O) groups is 1. The number of nitrogens with zero attached hydrogens (tertiary/aromatic N) is 3. The van der Waals surface area contributed by atoms with E-state index in [4.69, 9.17) is 9.47 Å². The van der Waals surface area contributed by atoms with Gasteiger partial charge in [0.25, 0.3) is 5.91 Å². The van der Waals surface area contributed by atoms with Crippen LogP contribution in [0.4, 0.5) is 0 Å². The van der Waals surface area contributed by atoms with Crippen molar-refractivity contribution in [3.63, 3.8) is 0 Å². The molecule has 7 heteroatoms. The summed E-state index contributed by atoms with van der Waals surface area (Å²) in [6.45, 7) is 1.94. The normalized spacial score (nSPS) is 18.9. The van der Waals surface area contributed by atoms with Crippen molar-refractivity contribution in [1.29, 1.82) is 0 Å². The predicted octanol–water partition coefficient (Wildman–Crippen LogP) is 1.99. The number of benzene rings is 1. The van der Waals surface area contributed by atoms with Gasteiger partial charge in [-0.05, 0) is 30.9 Å². The van der Waals surface area contributed by atoms with Gasteiger partial charge in [-0.1, -0.05) is 18.6 Å². The molecule has 1 aromatic heterocycles. The summed E-state index contributed by atoms with van der Waals surface area (Å²) in [5, 5.41) is 11.3. The number of aryl methyl sites for hydroxylation is 1. The Morgan fingerprint density at radius 1 is 1.35 bits per heavy atom. The Labute approximate surface area is 152 Å². The number of fused-ring (bicyclic) bond motifs is 2. The van der Waals surface area contributed by atoms with Crippen LogP contribution in [0.3, 0.4) is 0 Å². The second kappa shape index (κ2) is 7.35. The lowest BCUT2D eigenvalue weighted by molar-refractivity contribution is 0.0923. The molecule has 2 aromatic rings. The first-order chi connectivity index (χ1) is 12.8. The zero-order valence-corrected chi connectivity index (χ0v) is 15.0. The van der Waals surface area contributed by atoms with Crippen LogP contribution in [0, 0.1) is 5.92 Å². The molecule has 3 heterocycles. The summed E-state index contributed by atoms with van der Waals surface area (Å²) in [6.07, 6.45) is 5.11. The summed E-state index contributed by atoms with van der Waals surface area (Å²) in [4.78, 5) is 12.6. The molecule has 1 N–H and O–H groups in total. The van der Waals surface area contributed by atoms with E-state index in [1.54, 1.807) is 7.11 Å². The highest BCUT2D eigenvalue weighted by molar-refractivity contribution is 5.90. The number of rotatable bonds is 4. The zero-order valence-electron chi connectivity index (χ0n) is 15.0. The van der Waals surface area contributed by atoms with Crippen molar-refractivity contribution in [2.45, 2.75) is 38.6 Å². The van der Waals surface area contributed by atoms with Crippen LogP contribution in [0.15, 0.2) is 18.2 Å². The third kappa shape index (κ3) is 3.25. The van der Waals surface area contributed by atoms with Gasteiger partial charge in [-0.15, -0.1) is 10.2 Å². The van der Waals surface area contributed by atoms with E-state index in [1.807, 2.05) is 22.8 Å². The third-order valence-corrected chi connectivity index (χ3v) is 5.12. The van der Waals surface area contributed by atoms with E-state index >= 15 is 0 Å².